The largest absolute Gasteiger partial charge is 0.495 e. The lowest BCUT2D eigenvalue weighted by molar-refractivity contribution is 0.0980. The van der Waals surface area contributed by atoms with Crippen LogP contribution in [0.3, 0.4) is 0 Å². The summed E-state index contributed by atoms with van der Waals surface area (Å²) in [5, 5.41) is 8.24. The van der Waals surface area contributed by atoms with Gasteiger partial charge < -0.3 is 36.5 Å². The lowest BCUT2D eigenvalue weighted by Crippen LogP contribution is -2.29. The topological polar surface area (TPSA) is 149 Å². The van der Waals surface area contributed by atoms with Crippen molar-refractivity contribution in [2.75, 3.05) is 41.2 Å². The first-order valence-electron chi connectivity index (χ1n) is 19.5. The van der Waals surface area contributed by atoms with Crippen molar-refractivity contribution in [3.8, 4) is 11.5 Å². The van der Waals surface area contributed by atoms with E-state index in [-0.39, 0.29) is 29.7 Å². The molecule has 0 saturated heterocycles. The van der Waals surface area contributed by atoms with Crippen LogP contribution < -0.4 is 36.5 Å². The minimum absolute atomic E-state index is 0.191. The molecule has 314 valence electrons. The molecular weight excluding hydrogens is 797 g/mol. The van der Waals surface area contributed by atoms with Gasteiger partial charge in [0, 0.05) is 50.7 Å². The molecule has 0 aliphatic carbocycles. The molecule has 0 aromatic heterocycles. The van der Waals surface area contributed by atoms with Crippen LogP contribution in [0.5, 0.6) is 11.5 Å². The minimum Gasteiger partial charge on any atom is -0.495 e. The third-order valence-corrected chi connectivity index (χ3v) is 10.1. The second-order valence-electron chi connectivity index (χ2n) is 14.2. The van der Waals surface area contributed by atoms with Crippen molar-refractivity contribution in [2.24, 2.45) is 5.92 Å². The number of amides is 3. The highest BCUT2D eigenvalue weighted by Gasteiger charge is 2.25. The van der Waals surface area contributed by atoms with Crippen LogP contribution in [-0.4, -0.2) is 38.0 Å². The first kappa shape index (κ1) is 46.5. The van der Waals surface area contributed by atoms with Gasteiger partial charge in [0.15, 0.2) is 5.75 Å². The molecule has 10 nitrogen and oxygen atoms in total. The molecule has 0 heterocycles. The number of nitrogens with one attached hydrogen (secondary N) is 2. The molecule has 0 saturated carbocycles. The van der Waals surface area contributed by atoms with Crippen LogP contribution >= 0.6 is 23.2 Å². The fourth-order valence-electron chi connectivity index (χ4n) is 6.01. The Morgan fingerprint density at radius 1 is 0.717 bits per heavy atom. The number of nitrogens with two attached hydrogens (primary N) is 2. The Kier molecular flexibility index (Phi) is 16.4. The van der Waals surface area contributed by atoms with Gasteiger partial charge in [-0.3, -0.25) is 14.4 Å². The number of anilines is 5. The van der Waals surface area contributed by atoms with E-state index < -0.39 is 0 Å². The minimum atomic E-state index is -0.295. The first-order chi connectivity index (χ1) is 28.6. The molecule has 6 aromatic rings. The van der Waals surface area contributed by atoms with Gasteiger partial charge >= 0.3 is 0 Å². The summed E-state index contributed by atoms with van der Waals surface area (Å²) in [6.45, 7) is 13.8. The molecule has 6 rings (SSSR count). The van der Waals surface area contributed by atoms with Crippen molar-refractivity contribution < 1.29 is 23.9 Å². The van der Waals surface area contributed by atoms with E-state index in [9.17, 15) is 14.4 Å². The molecule has 12 heteroatoms. The van der Waals surface area contributed by atoms with Gasteiger partial charge in [-0.05, 0) is 128 Å². The lowest BCUT2D eigenvalue weighted by Gasteiger charge is -2.25. The SMILES string of the molecule is CC.COc1ccc(C(=O)Nc2ccccc2)cc1N.Cc1cc(Cl)ccc1NC(=O)c1ccc2c(N)c(OC(C)C(C)C)c(C(=O)N(C)c3ccc(Cl)cc3C)cc2c1. The molecule has 0 bridgehead atoms. The van der Waals surface area contributed by atoms with Crippen LogP contribution in [0.25, 0.3) is 10.8 Å². The predicted octanol–water partition coefficient (Wildman–Crippen LogP) is 11.9. The van der Waals surface area contributed by atoms with Gasteiger partial charge in [-0.2, -0.15) is 0 Å². The number of carbonyl (C=O) groups excluding carboxylic acids is 3. The highest BCUT2D eigenvalue weighted by atomic mass is 35.5. The summed E-state index contributed by atoms with van der Waals surface area (Å²) in [6, 6.07) is 31.8. The maximum atomic E-state index is 13.9. The van der Waals surface area contributed by atoms with E-state index in [1.807, 2.05) is 78.8 Å². The third kappa shape index (κ3) is 11.5. The van der Waals surface area contributed by atoms with Crippen LogP contribution in [0.15, 0.2) is 109 Å². The number of nitrogen functional groups attached to an aromatic ring is 2. The van der Waals surface area contributed by atoms with Gasteiger partial charge in [-0.25, -0.2) is 0 Å². The smallest absolute Gasteiger partial charge is 0.261 e. The van der Waals surface area contributed by atoms with Crippen molar-refractivity contribution in [1.82, 2.24) is 0 Å². The number of aryl methyl sites for hydroxylation is 2. The Morgan fingerprint density at radius 2 is 1.32 bits per heavy atom. The van der Waals surface area contributed by atoms with Crippen LogP contribution in [0.2, 0.25) is 10.0 Å². The maximum Gasteiger partial charge on any atom is 0.261 e. The molecule has 3 amide bonds. The van der Waals surface area contributed by atoms with Crippen LogP contribution in [0.1, 0.15) is 76.8 Å². The fourth-order valence-corrected chi connectivity index (χ4v) is 6.47. The summed E-state index contributed by atoms with van der Waals surface area (Å²) >= 11 is 12.2. The molecule has 0 aliphatic rings. The highest BCUT2D eigenvalue weighted by molar-refractivity contribution is 6.31. The van der Waals surface area contributed by atoms with E-state index in [0.29, 0.717) is 71.8 Å². The number of nitrogens with zero attached hydrogens (tertiary/aromatic N) is 1. The summed E-state index contributed by atoms with van der Waals surface area (Å²) in [5.74, 6) is 0.294. The van der Waals surface area contributed by atoms with E-state index in [2.05, 4.69) is 10.6 Å². The number of benzene rings is 6. The number of fused-ring (bicyclic) bond motifs is 1. The van der Waals surface area contributed by atoms with E-state index in [4.69, 9.17) is 44.1 Å². The average Bonchev–Trinajstić information content (AvgIpc) is 3.23. The molecule has 1 unspecified atom stereocenters. The van der Waals surface area contributed by atoms with E-state index in [1.165, 1.54) is 7.11 Å². The van der Waals surface area contributed by atoms with Gasteiger partial charge in [-0.1, -0.05) is 75.2 Å². The van der Waals surface area contributed by atoms with E-state index in [0.717, 1.165) is 16.8 Å². The molecule has 1 atom stereocenters. The van der Waals surface area contributed by atoms with Gasteiger partial charge in [0.1, 0.15) is 5.75 Å². The monoisotopic (exact) mass is 849 g/mol. The molecule has 0 aliphatic heterocycles. The number of rotatable bonds is 10. The van der Waals surface area contributed by atoms with Crippen molar-refractivity contribution in [2.45, 2.75) is 54.6 Å². The number of methoxy groups -OCH3 is 1. The van der Waals surface area contributed by atoms with Crippen LogP contribution in [0, 0.1) is 19.8 Å². The molecule has 6 aromatic carbocycles. The second kappa shape index (κ2) is 21.2. The van der Waals surface area contributed by atoms with Crippen molar-refractivity contribution >= 4 is 80.1 Å². The summed E-state index contributed by atoms with van der Waals surface area (Å²) < 4.78 is 11.3. The molecule has 6 N–H and O–H groups in total. The lowest BCUT2D eigenvalue weighted by atomic mass is 9.99. The van der Waals surface area contributed by atoms with Gasteiger partial charge in [0.2, 0.25) is 0 Å². The summed E-state index contributed by atoms with van der Waals surface area (Å²) in [4.78, 5) is 40.6. The Labute approximate surface area is 362 Å². The summed E-state index contributed by atoms with van der Waals surface area (Å²) in [5.41, 5.74) is 18.2. The standard InChI is InChI=1S/C32H33Cl2N3O3.C14H14N2O2.C2H6/c1-17(2)20(5)40-30-26(32(39)37(6)28-12-9-24(34)14-19(28)4)16-22-15-21(7-10-25(22)29(30)35)31(38)36-27-11-8-23(33)13-18(27)3;1-18-13-8-7-10(9-12(13)15)14(17)16-11-5-3-2-4-6-11;1-2/h7-17,20H,35H2,1-6H3,(H,36,38);2-9H,15H2,1H3,(H,16,17);1-2H3. The van der Waals surface area contributed by atoms with Crippen LogP contribution in [0.4, 0.5) is 28.4 Å². The zero-order chi connectivity index (χ0) is 44.3. The zero-order valence-electron chi connectivity index (χ0n) is 35.4. The Bertz CT molecular complexity index is 2470. The number of carbonyl (C=O) groups is 3. The molecule has 0 radical (unpaired) electrons. The number of ether oxygens (including phenoxy) is 2. The zero-order valence-corrected chi connectivity index (χ0v) is 37.0. The summed E-state index contributed by atoms with van der Waals surface area (Å²) in [7, 11) is 3.24. The Morgan fingerprint density at radius 3 is 1.92 bits per heavy atom. The molecular formula is C48H53Cl2N5O5. The van der Waals surface area contributed by atoms with Crippen LogP contribution in [-0.2, 0) is 0 Å². The quantitative estimate of drug-likeness (QED) is 0.100. The van der Waals surface area contributed by atoms with E-state index >= 15 is 0 Å². The van der Waals surface area contributed by atoms with E-state index in [1.54, 1.807) is 90.8 Å². The third-order valence-electron chi connectivity index (χ3n) is 9.65. The first-order valence-corrected chi connectivity index (χ1v) is 20.3. The van der Waals surface area contributed by atoms with Crippen molar-refractivity contribution in [3.63, 3.8) is 0 Å². The molecule has 0 spiro atoms. The average molecular weight is 851 g/mol. The second-order valence-corrected chi connectivity index (χ2v) is 15.0. The molecule has 60 heavy (non-hydrogen) atoms. The normalized spacial score (nSPS) is 11.0. The maximum absolute atomic E-state index is 13.9. The van der Waals surface area contributed by atoms with Crippen molar-refractivity contribution in [3.05, 3.63) is 147 Å². The van der Waals surface area contributed by atoms with Gasteiger partial charge in [0.05, 0.1) is 30.2 Å². The number of para-hydroxylation sites is 1. The summed E-state index contributed by atoms with van der Waals surface area (Å²) in [6.07, 6.45) is -0.193. The van der Waals surface area contributed by atoms with Crippen molar-refractivity contribution in [1.29, 1.82) is 0 Å². The Balaban J connectivity index is 0.000000330. The molecule has 0 fully saturated rings. The fraction of sp³-hybridized carbons (Fsp3) is 0.229. The number of hydrogen-bond donors (Lipinski definition) is 4. The highest BCUT2D eigenvalue weighted by Crippen LogP contribution is 2.38. The van der Waals surface area contributed by atoms with Gasteiger partial charge in [0.25, 0.3) is 17.7 Å². The van der Waals surface area contributed by atoms with Gasteiger partial charge in [-0.15, -0.1) is 0 Å². The Hall–Kier alpha value is -6.23. The number of halogens is 2. The predicted molar refractivity (Wildman–Crippen MR) is 250 cm³/mol. The number of hydrogen-bond acceptors (Lipinski definition) is 7.